The van der Waals surface area contributed by atoms with Gasteiger partial charge in [-0.25, -0.2) is 9.59 Å². The van der Waals surface area contributed by atoms with Crippen LogP contribution in [0.3, 0.4) is 0 Å². The molecule has 778 valence electrons. The van der Waals surface area contributed by atoms with Crippen LogP contribution in [0.2, 0.25) is 0 Å². The predicted octanol–water partition coefficient (Wildman–Crippen LogP) is 8.31. The van der Waals surface area contributed by atoms with E-state index in [0.717, 1.165) is 76.8 Å². The van der Waals surface area contributed by atoms with E-state index in [-0.39, 0.29) is 116 Å². The number of nitrogens with two attached hydrogens (primary N) is 4. The number of para-hydroxylation sites is 6. The molecule has 12 amide bonds. The van der Waals surface area contributed by atoms with Crippen LogP contribution in [0, 0.1) is 0 Å². The number of aromatic nitrogens is 6. The standard InChI is InChI=1S/C112H130N22O15/c113-47-21-17-42-89(101(136)129-95(54-68-60-119-85-38-13-7-28-74(68)85)107(142)127-92(45-20-24-50-116)104(139)132-98(111(146)147)57-71-63-122-88-41-16-10-31-77(71)88)125-105(140)93(52-66-58-117-83-36-11-5-26-72(66)83)124-100(135)64-123-109(144)99-46-25-51-134(99)110(145)97(56-70-62-121-87-40-15-9-30-76(70)87)131-103(138)91(44-19-23-49-115)126-106(141)94(53-67-59-118-84-37-12-6-27-73(67)84)130-102(137)90(43-18-22-48-114)128-108(143)96(55-69-61-120-86-39-14-8-29-75(69)86)133-112(148)149-65-82-80-34-3-1-32-78(80)79-33-2-4-35-81(79)82/h1-16,26-41,58-63,82,89-99,117-122H,17-25,42-57,64-65,113-116H2,(H,123,144)(H,124,135)(H,125,140)(H,126,141)(H,127,142)(H,128,143)(H,129,136)(H,130,137)(H,131,138)(H,132,139)(H,133,148)(H,146,147)/t89-,90-,91-,92-,93-,94-,95-,96-,97-,98-,99+/m1/s1. The highest BCUT2D eigenvalue weighted by molar-refractivity contribution is 6.02. The molecule has 37 heteroatoms. The molecule has 1 saturated heterocycles. The van der Waals surface area contributed by atoms with Gasteiger partial charge in [0, 0.05) is 154 Å². The molecular formula is C112H130N22O15. The molecule has 0 unspecified atom stereocenters. The number of fused-ring (bicyclic) bond motifs is 9. The van der Waals surface area contributed by atoms with E-state index in [9.17, 15) is 29.1 Å². The van der Waals surface area contributed by atoms with E-state index in [1.54, 1.807) is 43.2 Å². The van der Waals surface area contributed by atoms with Crippen molar-refractivity contribution in [2.45, 2.75) is 201 Å². The predicted molar refractivity (Wildman–Crippen MR) is 568 cm³/mol. The minimum atomic E-state index is -1.46. The fourth-order valence-corrected chi connectivity index (χ4v) is 20.4. The summed E-state index contributed by atoms with van der Waals surface area (Å²) in [5.74, 6) is -10.2. The van der Waals surface area contributed by atoms with Crippen molar-refractivity contribution in [3.63, 3.8) is 0 Å². The van der Waals surface area contributed by atoms with Crippen LogP contribution in [-0.4, -0.2) is 229 Å². The second-order valence-corrected chi connectivity index (χ2v) is 38.4. The second-order valence-electron chi connectivity index (χ2n) is 38.4. The molecule has 0 saturated carbocycles. The number of alkyl carbamates (subject to hydrolysis) is 1. The fourth-order valence-electron chi connectivity index (χ4n) is 20.4. The number of carboxylic acids is 1. The minimum absolute atomic E-state index is 0.0146. The van der Waals surface area contributed by atoms with E-state index >= 15 is 38.4 Å². The van der Waals surface area contributed by atoms with Gasteiger partial charge in [0.25, 0.3) is 0 Å². The first-order valence-corrected chi connectivity index (χ1v) is 51.3. The lowest BCUT2D eigenvalue weighted by Gasteiger charge is -2.30. The van der Waals surface area contributed by atoms with Crippen LogP contribution in [-0.2, 0) is 101 Å². The molecule has 7 heterocycles. The Labute approximate surface area is 859 Å². The Morgan fingerprint density at radius 1 is 0.322 bits per heavy atom. The average molecular weight is 2020 g/mol. The molecule has 26 N–H and O–H groups in total. The molecule has 1 aliphatic heterocycles. The number of aromatic amines is 6. The summed E-state index contributed by atoms with van der Waals surface area (Å²) in [6, 6.07) is 44.8. The topological polar surface area (TPSA) is 586 Å². The van der Waals surface area contributed by atoms with E-state index in [0.29, 0.717) is 102 Å². The van der Waals surface area contributed by atoms with Crippen molar-refractivity contribution in [3.05, 3.63) is 276 Å². The van der Waals surface area contributed by atoms with Gasteiger partial charge in [0.05, 0.1) is 6.54 Å². The first-order valence-electron chi connectivity index (χ1n) is 51.3. The smallest absolute Gasteiger partial charge is 0.407 e. The Morgan fingerprint density at radius 2 is 0.591 bits per heavy atom. The lowest BCUT2D eigenvalue weighted by atomic mass is 9.98. The van der Waals surface area contributed by atoms with Crippen LogP contribution in [0.1, 0.15) is 140 Å². The van der Waals surface area contributed by atoms with Crippen LogP contribution >= 0.6 is 0 Å². The van der Waals surface area contributed by atoms with Gasteiger partial charge in [-0.15, -0.1) is 0 Å². The van der Waals surface area contributed by atoms with Gasteiger partial charge in [-0.1, -0.05) is 158 Å². The highest BCUT2D eigenvalue weighted by Crippen LogP contribution is 2.45. The Balaban J connectivity index is 0.620. The third-order valence-electron chi connectivity index (χ3n) is 28.3. The first kappa shape index (κ1) is 106. The third kappa shape index (κ3) is 26.4. The number of unbranched alkanes of at least 4 members (excludes halogenated alkanes) is 4. The van der Waals surface area contributed by atoms with Crippen LogP contribution in [0.5, 0.6) is 0 Å². The van der Waals surface area contributed by atoms with E-state index < -0.39 is 150 Å². The summed E-state index contributed by atoms with van der Waals surface area (Å²) in [4.78, 5) is 216. The Bertz CT molecular complexity index is 7070. The third-order valence-corrected chi connectivity index (χ3v) is 28.3. The number of nitrogens with one attached hydrogen (secondary N) is 17. The molecule has 16 rings (SSSR count). The summed E-state index contributed by atoms with van der Waals surface area (Å²) in [5.41, 5.74) is 36.4. The van der Waals surface area contributed by atoms with Gasteiger partial charge in [0.15, 0.2) is 0 Å². The van der Waals surface area contributed by atoms with Crippen molar-refractivity contribution < 1.29 is 72.2 Å². The van der Waals surface area contributed by atoms with Gasteiger partial charge in [-0.3, -0.25) is 52.7 Å². The number of hydrogen-bond acceptors (Lipinski definition) is 18. The molecule has 1 fully saturated rings. The molecule has 0 spiro atoms. The highest BCUT2D eigenvalue weighted by atomic mass is 16.5. The average Bonchev–Trinajstić information content (AvgIpc) is 1.61. The van der Waals surface area contributed by atoms with E-state index in [2.05, 4.69) is 88.4 Å². The van der Waals surface area contributed by atoms with Gasteiger partial charge in [0.2, 0.25) is 65.0 Å². The van der Waals surface area contributed by atoms with Crippen LogP contribution < -0.4 is 81.4 Å². The van der Waals surface area contributed by atoms with Crippen LogP contribution in [0.25, 0.3) is 76.5 Å². The van der Waals surface area contributed by atoms with Crippen molar-refractivity contribution in [2.75, 3.05) is 45.9 Å². The first-order chi connectivity index (χ1) is 72.5. The van der Waals surface area contributed by atoms with Crippen molar-refractivity contribution in [3.8, 4) is 11.1 Å². The van der Waals surface area contributed by atoms with E-state index in [1.807, 2.05) is 188 Å². The highest BCUT2D eigenvalue weighted by Gasteiger charge is 2.42. The van der Waals surface area contributed by atoms with Gasteiger partial charge in [-0.2, -0.15) is 0 Å². The number of carbonyl (C=O) groups excluding carboxylic acids is 12. The van der Waals surface area contributed by atoms with Gasteiger partial charge < -0.3 is 126 Å². The summed E-state index contributed by atoms with van der Waals surface area (Å²) in [7, 11) is 0. The van der Waals surface area contributed by atoms with Gasteiger partial charge >= 0.3 is 12.1 Å². The molecule has 8 aromatic carbocycles. The number of amides is 12. The summed E-state index contributed by atoms with van der Waals surface area (Å²) in [5, 5.41) is 46.5. The van der Waals surface area contributed by atoms with E-state index in [4.69, 9.17) is 27.7 Å². The zero-order valence-electron chi connectivity index (χ0n) is 82.9. The molecule has 149 heavy (non-hydrogen) atoms. The number of ether oxygens (including phenoxy) is 1. The number of aliphatic carboxylic acids is 1. The number of carbonyl (C=O) groups is 13. The Hall–Kier alpha value is -16.3. The van der Waals surface area contributed by atoms with Crippen molar-refractivity contribution in [1.82, 2.24) is 93.3 Å². The molecule has 14 aromatic rings. The normalized spacial score (nSPS) is 14.9. The van der Waals surface area contributed by atoms with Crippen molar-refractivity contribution in [2.24, 2.45) is 22.9 Å². The van der Waals surface area contributed by atoms with Crippen LogP contribution in [0.15, 0.2) is 231 Å². The summed E-state index contributed by atoms with van der Waals surface area (Å²) < 4.78 is 6.03. The SMILES string of the molecule is NCCCC[C@@H](NC(=O)[C@@H](Cc1c[nH]c2ccccc12)NC(=O)[C@@H](CCCCN)NC(=O)[C@@H](Cc1c[nH]c2ccccc12)NC(=O)CNC(=O)[C@@H]1CCCN1C(=O)[C@@H](Cc1c[nH]c2ccccc12)NC(=O)[C@@H](CCCCN)NC(=O)[C@@H](Cc1c[nH]c2ccccc12)NC(=O)[C@@H](CCCCN)NC(=O)[C@@H](Cc1c[nH]c2ccccc12)NC(=O)OCC1c2ccccc2-c2ccccc21)C(=O)N[C@H](Cc1c[nH]c2ccccc12)C(=O)O. The number of carboxylic acid groups (broad SMARTS) is 1. The van der Waals surface area contributed by atoms with Crippen molar-refractivity contribution >= 4 is 142 Å². The maximum atomic E-state index is 15.8. The molecule has 0 radical (unpaired) electrons. The molecule has 1 aliphatic carbocycles. The summed E-state index contributed by atoms with van der Waals surface area (Å²) in [6.07, 6.45) is 12.1. The second kappa shape index (κ2) is 50.7. The van der Waals surface area contributed by atoms with E-state index in [1.165, 1.54) is 4.90 Å². The van der Waals surface area contributed by atoms with Crippen LogP contribution in [0.4, 0.5) is 4.79 Å². The maximum Gasteiger partial charge on any atom is 0.407 e. The maximum absolute atomic E-state index is 15.8. The molecule has 2 aliphatic rings. The number of nitrogens with zero attached hydrogens (tertiary/aromatic N) is 1. The largest absolute Gasteiger partial charge is 0.480 e. The minimum Gasteiger partial charge on any atom is -0.480 e. The molecular weight excluding hydrogens is 1890 g/mol. The number of hydrogen-bond donors (Lipinski definition) is 22. The van der Waals surface area contributed by atoms with Crippen molar-refractivity contribution in [1.29, 1.82) is 0 Å². The van der Waals surface area contributed by atoms with Gasteiger partial charge in [0.1, 0.15) is 73.1 Å². The lowest BCUT2D eigenvalue weighted by Crippen LogP contribution is -2.60. The summed E-state index contributed by atoms with van der Waals surface area (Å²) >= 11 is 0. The number of likely N-dealkylation sites (tertiary alicyclic amines) is 1. The fraction of sp³-hybridized carbons (Fsp3) is 0.348. The zero-order chi connectivity index (χ0) is 104. The number of benzene rings is 8. The Kier molecular flexibility index (Phi) is 35.9. The molecule has 0 bridgehead atoms. The lowest BCUT2D eigenvalue weighted by molar-refractivity contribution is -0.142. The quantitative estimate of drug-likeness (QED) is 0.0159. The Morgan fingerprint density at radius 3 is 0.919 bits per heavy atom. The monoisotopic (exact) mass is 2020 g/mol. The molecule has 11 atom stereocenters. The summed E-state index contributed by atoms with van der Waals surface area (Å²) in [6.45, 7) is 0.171. The number of rotatable bonds is 53. The number of H-pyrrole nitrogens is 6. The van der Waals surface area contributed by atoms with Gasteiger partial charge in [-0.05, 0) is 208 Å². The molecule has 6 aromatic heterocycles. The zero-order valence-corrected chi connectivity index (χ0v) is 82.9. The molecule has 37 nitrogen and oxygen atoms in total.